The first-order valence-corrected chi connectivity index (χ1v) is 23.5. The maximum atomic E-state index is 12.8. The summed E-state index contributed by atoms with van der Waals surface area (Å²) in [6, 6.07) is 18.3. The Morgan fingerprint density at radius 1 is 0.724 bits per heavy atom. The van der Waals surface area contributed by atoms with Gasteiger partial charge in [0.1, 0.15) is 6.54 Å². The molecule has 2 aliphatic rings. The number of allylic oxidation sites excluding steroid dienone is 6. The van der Waals surface area contributed by atoms with Crippen molar-refractivity contribution in [2.45, 2.75) is 72.9 Å². The molecule has 10 heteroatoms. The Labute approximate surface area is 358 Å². The number of hydrogen-bond acceptors (Lipinski definition) is 7. The quantitative estimate of drug-likeness (QED) is 0.0708. The van der Waals surface area contributed by atoms with Crippen molar-refractivity contribution in [1.82, 2.24) is 14.7 Å². The van der Waals surface area contributed by atoms with Gasteiger partial charge in [0.25, 0.3) is 0 Å². The molecule has 8 nitrogen and oxygen atoms in total. The average molecular weight is 826 g/mol. The van der Waals surface area contributed by atoms with E-state index >= 15 is 0 Å². The van der Waals surface area contributed by atoms with Gasteiger partial charge >= 0.3 is 0 Å². The molecule has 0 bridgehead atoms. The number of anilines is 2. The zero-order valence-corrected chi connectivity index (χ0v) is 38.5. The minimum absolute atomic E-state index is 0.0903. The van der Waals surface area contributed by atoms with E-state index in [4.69, 9.17) is 0 Å². The van der Waals surface area contributed by atoms with Crippen LogP contribution in [0.25, 0.3) is 12.2 Å². The van der Waals surface area contributed by atoms with Crippen LogP contribution in [0.2, 0.25) is 0 Å². The molecule has 2 amide bonds. The number of nitrogens with zero attached hydrogens (tertiary/aromatic N) is 6. The fourth-order valence-electron chi connectivity index (χ4n) is 7.67. The van der Waals surface area contributed by atoms with E-state index in [-0.39, 0.29) is 11.8 Å². The third-order valence-corrected chi connectivity index (χ3v) is 13.3. The predicted molar refractivity (Wildman–Crippen MR) is 254 cm³/mol. The molecule has 0 aromatic heterocycles. The largest absolute Gasteiger partial charge is 0.375 e. The molecule has 2 aromatic carbocycles. The minimum atomic E-state index is 0.0903. The van der Waals surface area contributed by atoms with Gasteiger partial charge in [-0.25, -0.2) is 4.58 Å². The second-order valence-corrected chi connectivity index (χ2v) is 18.2. The predicted octanol–water partition coefficient (Wildman–Crippen LogP) is 9.13. The van der Waals surface area contributed by atoms with E-state index in [2.05, 4.69) is 166 Å². The summed E-state index contributed by atoms with van der Waals surface area (Å²) < 4.78 is 2.45. The summed E-state index contributed by atoms with van der Waals surface area (Å²) in [5, 5.41) is 0. The molecule has 0 spiro atoms. The first kappa shape index (κ1) is 46.5. The summed E-state index contributed by atoms with van der Waals surface area (Å²) in [6.07, 6.45) is 18.5. The van der Waals surface area contributed by atoms with E-state index in [0.717, 1.165) is 51.1 Å². The summed E-state index contributed by atoms with van der Waals surface area (Å²) in [5.41, 5.74) is 9.97. The van der Waals surface area contributed by atoms with Gasteiger partial charge in [0, 0.05) is 103 Å². The van der Waals surface area contributed by atoms with Crippen LogP contribution >= 0.6 is 21.6 Å². The van der Waals surface area contributed by atoms with Crippen LogP contribution in [0.4, 0.5) is 11.4 Å². The highest BCUT2D eigenvalue weighted by molar-refractivity contribution is 8.77. The lowest BCUT2D eigenvalue weighted by Crippen LogP contribution is -2.32. The highest BCUT2D eigenvalue weighted by atomic mass is 33.1. The lowest BCUT2D eigenvalue weighted by Gasteiger charge is -2.32. The van der Waals surface area contributed by atoms with E-state index in [1.54, 1.807) is 9.80 Å². The monoisotopic (exact) mass is 825 g/mol. The van der Waals surface area contributed by atoms with Crippen LogP contribution in [-0.4, -0.2) is 128 Å². The van der Waals surface area contributed by atoms with E-state index in [1.807, 2.05) is 14.1 Å². The van der Waals surface area contributed by atoms with Crippen LogP contribution in [0.15, 0.2) is 95.8 Å². The van der Waals surface area contributed by atoms with Gasteiger partial charge in [-0.2, -0.15) is 0 Å². The standard InChI is InChI=1S/C48H69N6O2S2/c1-11-53-37(3)31-43(32-38(53)4)17-15-41-19-23-45(24-20-41)49(7)27-13-29-51(9)47(55)35-57-58-36-48(56)52(10)30-14-28-50(8)46-25-21-42(22-26-46)16-18-44-33-39(5)54(12-2)40(6)34-44/h15-26,31-33,37,40H,11-14,27-30,34-36H2,1-10H3/q+1/b17-15+. The molecule has 2 unspecified atom stereocenters. The molecule has 0 aliphatic carbocycles. The van der Waals surface area contributed by atoms with Crippen molar-refractivity contribution in [1.29, 1.82) is 0 Å². The number of amides is 2. The molecule has 0 saturated heterocycles. The van der Waals surface area contributed by atoms with E-state index < -0.39 is 0 Å². The Morgan fingerprint density at radius 2 is 1.22 bits per heavy atom. The Hall–Kier alpha value is -4.15. The molecule has 0 saturated carbocycles. The number of hydrogen-bond donors (Lipinski definition) is 0. The van der Waals surface area contributed by atoms with Gasteiger partial charge in [-0.05, 0) is 100 Å². The molecule has 0 N–H and O–H groups in total. The van der Waals surface area contributed by atoms with E-state index in [0.29, 0.717) is 36.7 Å². The van der Waals surface area contributed by atoms with Crippen molar-refractivity contribution in [2.75, 3.05) is 88.8 Å². The normalized spacial score (nSPS) is 17.1. The van der Waals surface area contributed by atoms with Crippen LogP contribution in [0, 0.1) is 0 Å². The van der Waals surface area contributed by atoms with Gasteiger partial charge in [0.15, 0.2) is 11.8 Å². The molecule has 58 heavy (non-hydrogen) atoms. The molecule has 4 rings (SSSR count). The lowest BCUT2D eigenvalue weighted by atomic mass is 9.99. The number of benzene rings is 2. The highest BCUT2D eigenvalue weighted by Gasteiger charge is 2.22. The van der Waals surface area contributed by atoms with E-state index in [1.165, 1.54) is 61.0 Å². The molecule has 0 radical (unpaired) electrons. The van der Waals surface area contributed by atoms with Gasteiger partial charge in [0.05, 0.1) is 11.5 Å². The van der Waals surface area contributed by atoms with Crippen molar-refractivity contribution < 1.29 is 14.2 Å². The van der Waals surface area contributed by atoms with Crippen LogP contribution in [0.3, 0.4) is 0 Å². The Balaban J connectivity index is 1.06. The maximum Gasteiger partial charge on any atom is 0.233 e. The first-order chi connectivity index (χ1) is 27.8. The first-order valence-electron chi connectivity index (χ1n) is 21.0. The van der Waals surface area contributed by atoms with Crippen LogP contribution in [0.1, 0.15) is 71.9 Å². The summed E-state index contributed by atoms with van der Waals surface area (Å²) >= 11 is 0. The second-order valence-electron chi connectivity index (χ2n) is 15.7. The van der Waals surface area contributed by atoms with Crippen molar-refractivity contribution in [3.8, 4) is 0 Å². The summed E-state index contributed by atoms with van der Waals surface area (Å²) in [5.74, 6) is 0.900. The molecule has 2 aromatic rings. The second kappa shape index (κ2) is 23.4. The minimum Gasteiger partial charge on any atom is -0.375 e. The molecule has 2 aliphatic heterocycles. The number of rotatable bonds is 21. The van der Waals surface area contributed by atoms with Crippen LogP contribution in [0.5, 0.6) is 0 Å². The topological polar surface area (TPSA) is 53.4 Å². The molecular weight excluding hydrogens is 757 g/mol. The van der Waals surface area contributed by atoms with Gasteiger partial charge < -0.3 is 24.5 Å². The number of carbonyl (C=O) groups excluding carboxylic acids is 2. The summed E-state index contributed by atoms with van der Waals surface area (Å²) in [6.45, 7) is 18.5. The smallest absolute Gasteiger partial charge is 0.233 e. The molecule has 314 valence electrons. The molecular formula is C48H69N6O2S2+. The van der Waals surface area contributed by atoms with Gasteiger partial charge in [-0.15, -0.1) is 0 Å². The summed E-state index contributed by atoms with van der Waals surface area (Å²) in [4.78, 5) is 36.0. The van der Waals surface area contributed by atoms with E-state index in [9.17, 15) is 9.59 Å². The maximum absolute atomic E-state index is 12.8. The van der Waals surface area contributed by atoms with Gasteiger partial charge in [-0.3, -0.25) is 9.59 Å². The lowest BCUT2D eigenvalue weighted by molar-refractivity contribution is -0.559. The fourth-order valence-corrected chi connectivity index (χ4v) is 9.58. The van der Waals surface area contributed by atoms with Crippen molar-refractivity contribution >= 4 is 62.6 Å². The SMILES string of the molecule is CCN1C(C)=CC(/C=C/c2ccc(N(C)CCCN(C)C(=O)CSSCC(=O)N(C)CCCN(C)c3ccc(/C=C/C4=CC(C)=[N+](CC)C(C)C4)cc3)cc2)=CC1C. The van der Waals surface area contributed by atoms with Crippen LogP contribution in [-0.2, 0) is 9.59 Å². The highest BCUT2D eigenvalue weighted by Crippen LogP contribution is 2.24. The van der Waals surface area contributed by atoms with Crippen molar-refractivity contribution in [3.05, 3.63) is 107 Å². The van der Waals surface area contributed by atoms with Crippen molar-refractivity contribution in [3.63, 3.8) is 0 Å². The molecule has 2 atom stereocenters. The third kappa shape index (κ3) is 14.3. The zero-order valence-electron chi connectivity index (χ0n) is 36.9. The third-order valence-electron chi connectivity index (χ3n) is 11.2. The number of likely N-dealkylation sites (N-methyl/N-ethyl adjacent to an activating group) is 1. The number of carbonyl (C=O) groups is 2. The van der Waals surface area contributed by atoms with Gasteiger partial charge in [-0.1, -0.05) is 76.2 Å². The van der Waals surface area contributed by atoms with Crippen LogP contribution < -0.4 is 9.80 Å². The van der Waals surface area contributed by atoms with Gasteiger partial charge in [0.2, 0.25) is 11.8 Å². The summed E-state index contributed by atoms with van der Waals surface area (Å²) in [7, 11) is 10.9. The fraction of sp³-hybridized carbons (Fsp3) is 0.479. The molecule has 2 heterocycles. The average Bonchev–Trinajstić information content (AvgIpc) is 3.20. The zero-order chi connectivity index (χ0) is 42.2. The Kier molecular flexibility index (Phi) is 18.8. The Bertz CT molecular complexity index is 1850. The van der Waals surface area contributed by atoms with Crippen molar-refractivity contribution in [2.24, 2.45) is 0 Å². The molecule has 0 fully saturated rings. The Morgan fingerprint density at radius 3 is 1.67 bits per heavy atom.